The van der Waals surface area contributed by atoms with Gasteiger partial charge in [0.15, 0.2) is 10.8 Å². The third kappa shape index (κ3) is 6.95. The van der Waals surface area contributed by atoms with Gasteiger partial charge in [0.2, 0.25) is 5.16 Å². The fourth-order valence-corrected chi connectivity index (χ4v) is 9.18. The Bertz CT molecular complexity index is 2080. The largest absolute Gasteiger partial charge is 0.477 e. The molecule has 2 amide bonds. The molecule has 5 aromatic rings. The van der Waals surface area contributed by atoms with Gasteiger partial charge in [-0.2, -0.15) is 0 Å². The lowest BCUT2D eigenvalue weighted by molar-refractivity contribution is -0.150. The summed E-state index contributed by atoms with van der Waals surface area (Å²) >= 11 is 3.78. The second-order valence-electron chi connectivity index (χ2n) is 11.7. The molecule has 15 nitrogen and oxygen atoms in total. The summed E-state index contributed by atoms with van der Waals surface area (Å²) in [5.41, 5.74) is 2.55. The average molecular weight is 769 g/mol. The maximum absolute atomic E-state index is 13.9. The SMILES string of the molecule is CCO/N=C(\C(=O)N[C@@H]1C(=O)N2C(C(=O)O)=C(CSc3nnnn3N)CS[C@H]12)c1csc(NC(c2ccccc2)(c2ccccc2)c2ccccc2)n1. The number of tetrazole rings is 1. The van der Waals surface area contributed by atoms with Gasteiger partial charge in [-0.15, -0.1) is 27.9 Å². The first kappa shape index (κ1) is 35.7. The number of hydrogen-bond acceptors (Lipinski definition) is 14. The first-order valence-corrected chi connectivity index (χ1v) is 19.2. The van der Waals surface area contributed by atoms with Crippen LogP contribution in [0.4, 0.5) is 5.13 Å². The number of aromatic nitrogens is 5. The lowest BCUT2D eigenvalue weighted by Gasteiger charge is -2.49. The zero-order valence-electron chi connectivity index (χ0n) is 28.0. The molecule has 18 heteroatoms. The molecule has 1 saturated heterocycles. The summed E-state index contributed by atoms with van der Waals surface area (Å²) in [7, 11) is 0. The van der Waals surface area contributed by atoms with E-state index in [-0.39, 0.29) is 29.5 Å². The highest BCUT2D eigenvalue weighted by atomic mass is 32.2. The number of carboxylic acid groups (broad SMARTS) is 1. The Morgan fingerprint density at radius 2 is 1.66 bits per heavy atom. The van der Waals surface area contributed by atoms with Gasteiger partial charge in [-0.1, -0.05) is 113 Å². The molecule has 2 aliphatic heterocycles. The monoisotopic (exact) mass is 768 g/mol. The Kier molecular flexibility index (Phi) is 10.4. The minimum atomic E-state index is -1.25. The number of carbonyl (C=O) groups excluding carboxylic acids is 2. The lowest BCUT2D eigenvalue weighted by atomic mass is 9.77. The number of aliphatic carboxylic acids is 1. The minimum absolute atomic E-state index is 0.126. The quantitative estimate of drug-likeness (QED) is 0.0320. The molecule has 2 aliphatic rings. The van der Waals surface area contributed by atoms with Crippen LogP contribution in [0.3, 0.4) is 0 Å². The fraction of sp³-hybridized carbons (Fsp3) is 0.200. The van der Waals surface area contributed by atoms with Crippen LogP contribution in [0, 0.1) is 0 Å². The molecule has 0 aliphatic carbocycles. The van der Waals surface area contributed by atoms with Gasteiger partial charge >= 0.3 is 5.97 Å². The summed E-state index contributed by atoms with van der Waals surface area (Å²) in [6.45, 7) is 1.92. The number of thioether (sulfide) groups is 2. The molecule has 270 valence electrons. The van der Waals surface area contributed by atoms with Crippen molar-refractivity contribution in [2.75, 3.05) is 29.3 Å². The summed E-state index contributed by atoms with van der Waals surface area (Å²) in [4.78, 5) is 52.0. The number of fused-ring (bicyclic) bond motifs is 1. The van der Waals surface area contributed by atoms with Crippen molar-refractivity contribution in [1.29, 1.82) is 0 Å². The van der Waals surface area contributed by atoms with Crippen molar-refractivity contribution in [3.8, 4) is 0 Å². The van der Waals surface area contributed by atoms with E-state index in [4.69, 9.17) is 15.7 Å². The third-order valence-electron chi connectivity index (χ3n) is 8.54. The summed E-state index contributed by atoms with van der Waals surface area (Å²) in [6, 6.07) is 29.1. The highest BCUT2D eigenvalue weighted by molar-refractivity contribution is 8.01. The highest BCUT2D eigenvalue weighted by Gasteiger charge is 2.54. The van der Waals surface area contributed by atoms with Crippen LogP contribution in [0.15, 0.2) is 118 Å². The van der Waals surface area contributed by atoms with Crippen molar-refractivity contribution in [2.45, 2.75) is 29.0 Å². The van der Waals surface area contributed by atoms with Gasteiger partial charge in [-0.25, -0.2) is 9.78 Å². The normalized spacial score (nSPS) is 17.2. The molecule has 0 bridgehead atoms. The number of anilines is 1. The number of β-lactam (4-membered cyclic amide) rings is 1. The van der Waals surface area contributed by atoms with Gasteiger partial charge < -0.3 is 26.4 Å². The molecule has 5 N–H and O–H groups in total. The molecule has 7 rings (SSSR count). The Hall–Kier alpha value is -5.72. The Morgan fingerprint density at radius 1 is 1.04 bits per heavy atom. The van der Waals surface area contributed by atoms with Crippen molar-refractivity contribution in [3.05, 3.63) is 130 Å². The molecule has 2 atom stereocenters. The predicted molar refractivity (Wildman–Crippen MR) is 201 cm³/mol. The maximum atomic E-state index is 13.9. The van der Waals surface area contributed by atoms with Crippen LogP contribution < -0.4 is 16.5 Å². The fourth-order valence-electron chi connectivity index (χ4n) is 6.15. The van der Waals surface area contributed by atoms with Crippen molar-refractivity contribution in [1.82, 2.24) is 35.5 Å². The van der Waals surface area contributed by atoms with E-state index in [0.717, 1.165) is 33.2 Å². The van der Waals surface area contributed by atoms with E-state index in [1.807, 2.05) is 54.6 Å². The summed E-state index contributed by atoms with van der Waals surface area (Å²) in [6.07, 6.45) is 0. The van der Waals surface area contributed by atoms with E-state index in [0.29, 0.717) is 21.6 Å². The van der Waals surface area contributed by atoms with Crippen LogP contribution in [0.1, 0.15) is 29.3 Å². The number of nitrogens with two attached hydrogens (primary N) is 1. The first-order valence-electron chi connectivity index (χ1n) is 16.3. The number of benzene rings is 3. The van der Waals surface area contributed by atoms with Crippen molar-refractivity contribution in [3.63, 3.8) is 0 Å². The van der Waals surface area contributed by atoms with Gasteiger partial charge in [-0.3, -0.25) is 14.5 Å². The maximum Gasteiger partial charge on any atom is 0.352 e. The smallest absolute Gasteiger partial charge is 0.352 e. The molecule has 53 heavy (non-hydrogen) atoms. The minimum Gasteiger partial charge on any atom is -0.477 e. The van der Waals surface area contributed by atoms with E-state index in [1.165, 1.54) is 28.0 Å². The molecule has 0 spiro atoms. The number of nitrogens with one attached hydrogen (secondary N) is 2. The molecule has 0 saturated carbocycles. The lowest BCUT2D eigenvalue weighted by Crippen LogP contribution is -2.71. The summed E-state index contributed by atoms with van der Waals surface area (Å²) < 4.78 is 0. The number of hydrogen-bond donors (Lipinski definition) is 4. The van der Waals surface area contributed by atoms with Crippen LogP contribution in [0.2, 0.25) is 0 Å². The van der Waals surface area contributed by atoms with E-state index in [9.17, 15) is 19.5 Å². The van der Waals surface area contributed by atoms with E-state index >= 15 is 0 Å². The number of rotatable bonds is 14. The van der Waals surface area contributed by atoms with Crippen LogP contribution in [-0.4, -0.2) is 88.3 Å². The van der Waals surface area contributed by atoms with Crippen LogP contribution in [-0.2, 0) is 24.8 Å². The van der Waals surface area contributed by atoms with E-state index in [1.54, 1.807) is 12.3 Å². The molecular weight excluding hydrogens is 737 g/mol. The van der Waals surface area contributed by atoms with E-state index < -0.39 is 34.7 Å². The first-order chi connectivity index (χ1) is 25.8. The molecule has 0 radical (unpaired) electrons. The highest BCUT2D eigenvalue weighted by Crippen LogP contribution is 2.42. The second-order valence-corrected chi connectivity index (χ2v) is 14.6. The van der Waals surface area contributed by atoms with Gasteiger partial charge in [0.1, 0.15) is 35.0 Å². The molecule has 4 heterocycles. The van der Waals surface area contributed by atoms with Gasteiger partial charge in [0.25, 0.3) is 11.8 Å². The van der Waals surface area contributed by atoms with Gasteiger partial charge in [0.05, 0.1) is 0 Å². The van der Waals surface area contributed by atoms with Crippen molar-refractivity contribution < 1.29 is 24.3 Å². The third-order valence-corrected chi connectivity index (χ3v) is 11.7. The average Bonchev–Trinajstić information content (AvgIpc) is 3.83. The molecule has 1 fully saturated rings. The van der Waals surface area contributed by atoms with Crippen molar-refractivity contribution >= 4 is 63.5 Å². The van der Waals surface area contributed by atoms with Crippen molar-refractivity contribution in [2.24, 2.45) is 5.16 Å². The number of nitrogen functional groups attached to an aromatic ring is 1. The van der Waals surface area contributed by atoms with E-state index in [2.05, 4.69) is 67.7 Å². The second kappa shape index (κ2) is 15.5. The zero-order valence-corrected chi connectivity index (χ0v) is 30.5. The number of carbonyl (C=O) groups is 3. The summed E-state index contributed by atoms with van der Waals surface area (Å²) in [5, 5.41) is 33.4. The van der Waals surface area contributed by atoms with Crippen LogP contribution in [0.5, 0.6) is 0 Å². The molecule has 2 aromatic heterocycles. The Balaban J connectivity index is 1.14. The predicted octanol–water partition coefficient (Wildman–Crippen LogP) is 3.52. The molecular formula is C35H32N10O5S3. The number of carboxylic acids is 1. The van der Waals surface area contributed by atoms with Crippen LogP contribution in [0.25, 0.3) is 0 Å². The number of amides is 2. The topological polar surface area (TPSA) is 203 Å². The standard InChI is InChI=1S/C35H32N10O5S3/c1-2-50-41-26(29(46)38-27-30(47)44-28(32(48)49)21(18-51-31(27)44)19-53-34-40-42-43-45(34)36)25-20-52-33(37-25)39-35(22-12-6-3-7-13-22,23-14-8-4-9-15-23)24-16-10-5-11-17-24/h3-17,20,27,31H,2,18-19,36H2,1H3,(H,37,39)(H,38,46)(H,48,49)/b41-26-/t27-,31-/m1/s1. The number of oxime groups is 1. The number of nitrogens with zero attached hydrogens (tertiary/aromatic N) is 7. The summed E-state index contributed by atoms with van der Waals surface area (Å²) in [5.74, 6) is 3.68. The van der Waals surface area contributed by atoms with Gasteiger partial charge in [0, 0.05) is 16.9 Å². The van der Waals surface area contributed by atoms with Crippen LogP contribution >= 0.6 is 34.9 Å². The zero-order chi connectivity index (χ0) is 37.0. The number of thiazole rings is 1. The van der Waals surface area contributed by atoms with Gasteiger partial charge in [-0.05, 0) is 39.6 Å². The Labute approximate surface area is 315 Å². The Morgan fingerprint density at radius 3 is 2.21 bits per heavy atom. The molecule has 3 aromatic carbocycles. The molecule has 0 unspecified atom stereocenters.